The van der Waals surface area contributed by atoms with Crippen molar-refractivity contribution in [3.05, 3.63) is 76.6 Å². The van der Waals surface area contributed by atoms with E-state index in [1.54, 1.807) is 63.4 Å². The van der Waals surface area contributed by atoms with E-state index in [4.69, 9.17) is 9.47 Å². The normalized spacial score (nSPS) is 11.5. The van der Waals surface area contributed by atoms with Crippen LogP contribution in [0.15, 0.2) is 65.5 Å². The van der Waals surface area contributed by atoms with Gasteiger partial charge in [-0.05, 0) is 56.3 Å². The number of nitrogens with zero attached hydrogens (tertiary/aromatic N) is 2. The Morgan fingerprint density at radius 1 is 1.06 bits per heavy atom. The molecule has 1 aromatic heterocycles. The number of carbonyl (C=O) groups excluding carboxylic acids is 2. The Bertz CT molecular complexity index is 1140. The number of aromatic nitrogens is 2. The average Bonchev–Trinajstić information content (AvgIpc) is 2.79. The SMILES string of the molecule is CCOC(=O)c1ccccc1NC(=O)C(C)n1nc(-c2ccc(OC)cc2)ccc1=O. The smallest absolute Gasteiger partial charge is 0.340 e. The van der Waals surface area contributed by atoms with Crippen molar-refractivity contribution in [2.75, 3.05) is 19.0 Å². The molecule has 1 atom stereocenters. The fourth-order valence-electron chi connectivity index (χ4n) is 2.95. The van der Waals surface area contributed by atoms with Gasteiger partial charge in [0.05, 0.1) is 30.7 Å². The number of para-hydroxylation sites is 1. The molecule has 1 N–H and O–H groups in total. The summed E-state index contributed by atoms with van der Waals surface area (Å²) in [5, 5.41) is 7.05. The lowest BCUT2D eigenvalue weighted by atomic mass is 10.1. The third-order valence-electron chi connectivity index (χ3n) is 4.64. The van der Waals surface area contributed by atoms with Crippen LogP contribution < -0.4 is 15.6 Å². The molecular formula is C23H23N3O5. The Labute approximate surface area is 179 Å². The maximum Gasteiger partial charge on any atom is 0.340 e. The third kappa shape index (κ3) is 4.98. The van der Waals surface area contributed by atoms with Gasteiger partial charge in [-0.3, -0.25) is 9.59 Å². The molecule has 0 radical (unpaired) electrons. The van der Waals surface area contributed by atoms with Crippen LogP contribution in [0.5, 0.6) is 5.75 Å². The number of esters is 1. The third-order valence-corrected chi connectivity index (χ3v) is 4.64. The van der Waals surface area contributed by atoms with Crippen molar-refractivity contribution in [3.63, 3.8) is 0 Å². The van der Waals surface area contributed by atoms with Crippen molar-refractivity contribution in [2.24, 2.45) is 0 Å². The lowest BCUT2D eigenvalue weighted by Gasteiger charge is -2.16. The van der Waals surface area contributed by atoms with Gasteiger partial charge < -0.3 is 14.8 Å². The highest BCUT2D eigenvalue weighted by Gasteiger charge is 2.21. The molecule has 0 aliphatic heterocycles. The van der Waals surface area contributed by atoms with Crippen molar-refractivity contribution in [3.8, 4) is 17.0 Å². The Balaban J connectivity index is 1.86. The summed E-state index contributed by atoms with van der Waals surface area (Å²) in [4.78, 5) is 37.4. The molecular weight excluding hydrogens is 398 g/mol. The lowest BCUT2D eigenvalue weighted by molar-refractivity contribution is -0.119. The van der Waals surface area contributed by atoms with E-state index in [1.807, 2.05) is 12.1 Å². The first-order valence-electron chi connectivity index (χ1n) is 9.76. The maximum atomic E-state index is 12.8. The lowest BCUT2D eigenvalue weighted by Crippen LogP contribution is -2.33. The molecule has 0 saturated heterocycles. The fourth-order valence-corrected chi connectivity index (χ4v) is 2.95. The van der Waals surface area contributed by atoms with Crippen LogP contribution in [0.25, 0.3) is 11.3 Å². The van der Waals surface area contributed by atoms with Crippen LogP contribution in [0, 0.1) is 0 Å². The van der Waals surface area contributed by atoms with E-state index in [1.165, 1.54) is 6.07 Å². The number of anilines is 1. The fraction of sp³-hybridized carbons (Fsp3) is 0.217. The summed E-state index contributed by atoms with van der Waals surface area (Å²) >= 11 is 0. The zero-order chi connectivity index (χ0) is 22.4. The van der Waals surface area contributed by atoms with Gasteiger partial charge in [0.25, 0.3) is 5.56 Å². The van der Waals surface area contributed by atoms with Gasteiger partial charge in [0.1, 0.15) is 11.8 Å². The van der Waals surface area contributed by atoms with E-state index in [0.29, 0.717) is 17.1 Å². The van der Waals surface area contributed by atoms with E-state index in [0.717, 1.165) is 10.2 Å². The predicted octanol–water partition coefficient (Wildman–Crippen LogP) is 3.30. The number of ether oxygens (including phenoxy) is 2. The van der Waals surface area contributed by atoms with Gasteiger partial charge in [-0.25, -0.2) is 9.48 Å². The molecule has 0 aliphatic carbocycles. The van der Waals surface area contributed by atoms with Crippen molar-refractivity contribution < 1.29 is 19.1 Å². The predicted molar refractivity (Wildman–Crippen MR) is 116 cm³/mol. The summed E-state index contributed by atoms with van der Waals surface area (Å²) in [5.41, 5.74) is 1.43. The first-order chi connectivity index (χ1) is 14.9. The van der Waals surface area contributed by atoms with Crippen LogP contribution in [0.3, 0.4) is 0 Å². The molecule has 0 spiro atoms. The maximum absolute atomic E-state index is 12.8. The summed E-state index contributed by atoms with van der Waals surface area (Å²) in [6.45, 7) is 3.48. The van der Waals surface area contributed by atoms with Crippen LogP contribution >= 0.6 is 0 Å². The Morgan fingerprint density at radius 2 is 1.77 bits per heavy atom. The molecule has 3 aromatic rings. The molecule has 160 valence electrons. The molecule has 0 saturated carbocycles. The van der Waals surface area contributed by atoms with E-state index in [9.17, 15) is 14.4 Å². The minimum atomic E-state index is -0.916. The Hall–Kier alpha value is -3.94. The molecule has 31 heavy (non-hydrogen) atoms. The highest BCUT2D eigenvalue weighted by molar-refractivity contribution is 6.02. The Kier molecular flexibility index (Phi) is 6.81. The van der Waals surface area contributed by atoms with E-state index in [2.05, 4.69) is 10.4 Å². The first kappa shape index (κ1) is 21.8. The van der Waals surface area contributed by atoms with Crippen molar-refractivity contribution >= 4 is 17.6 Å². The second kappa shape index (κ2) is 9.71. The number of hydrogen-bond acceptors (Lipinski definition) is 6. The number of carbonyl (C=O) groups is 2. The molecule has 0 fully saturated rings. The summed E-state index contributed by atoms with van der Waals surface area (Å²) in [6.07, 6.45) is 0. The largest absolute Gasteiger partial charge is 0.497 e. The van der Waals surface area contributed by atoms with Crippen LogP contribution in [0.2, 0.25) is 0 Å². The van der Waals surface area contributed by atoms with Crippen molar-refractivity contribution in [1.29, 1.82) is 0 Å². The molecule has 8 nitrogen and oxygen atoms in total. The minimum absolute atomic E-state index is 0.217. The van der Waals surface area contributed by atoms with E-state index < -0.39 is 23.5 Å². The van der Waals surface area contributed by atoms with Gasteiger partial charge in [-0.15, -0.1) is 0 Å². The Morgan fingerprint density at radius 3 is 2.45 bits per heavy atom. The molecule has 1 unspecified atom stereocenters. The number of benzene rings is 2. The number of hydrogen-bond donors (Lipinski definition) is 1. The number of rotatable bonds is 7. The summed E-state index contributed by atoms with van der Waals surface area (Å²) in [5.74, 6) is -0.328. The highest BCUT2D eigenvalue weighted by Crippen LogP contribution is 2.21. The zero-order valence-electron chi connectivity index (χ0n) is 17.5. The topological polar surface area (TPSA) is 99.5 Å². The summed E-state index contributed by atoms with van der Waals surface area (Å²) in [7, 11) is 1.58. The van der Waals surface area contributed by atoms with Gasteiger partial charge in [0.2, 0.25) is 5.91 Å². The molecule has 0 bridgehead atoms. The van der Waals surface area contributed by atoms with Gasteiger partial charge in [0, 0.05) is 11.6 Å². The quantitative estimate of drug-likeness (QED) is 0.588. The summed E-state index contributed by atoms with van der Waals surface area (Å²) < 4.78 is 11.3. The van der Waals surface area contributed by atoms with E-state index in [-0.39, 0.29) is 12.2 Å². The second-order valence-electron chi connectivity index (χ2n) is 6.66. The summed E-state index contributed by atoms with van der Waals surface area (Å²) in [6, 6.07) is 15.8. The van der Waals surface area contributed by atoms with E-state index >= 15 is 0 Å². The van der Waals surface area contributed by atoms with Gasteiger partial charge in [-0.1, -0.05) is 12.1 Å². The standard InChI is InChI=1S/C23H23N3O5/c1-4-31-23(29)18-7-5-6-8-20(18)24-22(28)15(2)26-21(27)14-13-19(25-26)16-9-11-17(30-3)12-10-16/h5-15H,4H2,1-3H3,(H,24,28). The van der Waals surface area contributed by atoms with Crippen LogP contribution in [-0.4, -0.2) is 35.4 Å². The van der Waals surface area contributed by atoms with Crippen LogP contribution in [-0.2, 0) is 9.53 Å². The monoisotopic (exact) mass is 421 g/mol. The molecule has 2 aromatic carbocycles. The number of amides is 1. The molecule has 0 aliphatic rings. The zero-order valence-corrected chi connectivity index (χ0v) is 17.5. The van der Waals surface area contributed by atoms with Gasteiger partial charge in [-0.2, -0.15) is 5.10 Å². The van der Waals surface area contributed by atoms with Crippen molar-refractivity contribution in [1.82, 2.24) is 9.78 Å². The second-order valence-corrected chi connectivity index (χ2v) is 6.66. The molecule has 3 rings (SSSR count). The van der Waals surface area contributed by atoms with Crippen LogP contribution in [0.1, 0.15) is 30.2 Å². The van der Waals surface area contributed by atoms with Crippen molar-refractivity contribution in [2.45, 2.75) is 19.9 Å². The average molecular weight is 421 g/mol. The minimum Gasteiger partial charge on any atom is -0.497 e. The highest BCUT2D eigenvalue weighted by atomic mass is 16.5. The van der Waals surface area contributed by atoms with Gasteiger partial charge >= 0.3 is 5.97 Å². The first-order valence-corrected chi connectivity index (χ1v) is 9.76. The molecule has 8 heteroatoms. The molecule has 1 amide bonds. The van der Waals surface area contributed by atoms with Gasteiger partial charge in [0.15, 0.2) is 0 Å². The number of methoxy groups -OCH3 is 1. The van der Waals surface area contributed by atoms with Crippen LogP contribution in [0.4, 0.5) is 5.69 Å². The number of nitrogens with one attached hydrogen (secondary N) is 1. The molecule has 1 heterocycles.